The van der Waals surface area contributed by atoms with Gasteiger partial charge in [0.1, 0.15) is 0 Å². The monoisotopic (exact) mass is 227 g/mol. The maximum absolute atomic E-state index is 3.45. The van der Waals surface area contributed by atoms with Crippen molar-refractivity contribution < 1.29 is 0 Å². The molecule has 0 aromatic heterocycles. The Hall–Kier alpha value is -1.34. The summed E-state index contributed by atoms with van der Waals surface area (Å²) in [6, 6.07) is 15.7. The Kier molecular flexibility index (Phi) is 4.16. The first-order valence-electron chi connectivity index (χ1n) is 6.51. The summed E-state index contributed by atoms with van der Waals surface area (Å²) < 4.78 is 0. The van der Waals surface area contributed by atoms with Gasteiger partial charge in [0, 0.05) is 6.04 Å². The van der Waals surface area contributed by atoms with E-state index in [4.69, 9.17) is 0 Å². The molecule has 0 aliphatic rings. The van der Waals surface area contributed by atoms with E-state index in [0.29, 0.717) is 6.04 Å². The molecule has 90 valence electrons. The first kappa shape index (κ1) is 12.1. The molecule has 0 aliphatic heterocycles. The fourth-order valence-electron chi connectivity index (χ4n) is 2.42. The van der Waals surface area contributed by atoms with E-state index in [-0.39, 0.29) is 0 Å². The number of rotatable bonds is 5. The van der Waals surface area contributed by atoms with Gasteiger partial charge in [-0.1, -0.05) is 62.2 Å². The summed E-state index contributed by atoms with van der Waals surface area (Å²) in [6.45, 7) is 2.25. The molecular weight excluding hydrogens is 206 g/mol. The highest BCUT2D eigenvalue weighted by Gasteiger charge is 2.11. The first-order chi connectivity index (χ1) is 8.36. The Morgan fingerprint density at radius 3 is 2.59 bits per heavy atom. The highest BCUT2D eigenvalue weighted by Crippen LogP contribution is 2.27. The molecule has 17 heavy (non-hydrogen) atoms. The molecule has 0 amide bonds. The molecule has 0 heterocycles. The Bertz CT molecular complexity index is 470. The lowest BCUT2D eigenvalue weighted by atomic mass is 9.95. The summed E-state index contributed by atoms with van der Waals surface area (Å²) in [6.07, 6.45) is 3.73. The maximum atomic E-state index is 3.45. The van der Waals surface area contributed by atoms with E-state index >= 15 is 0 Å². The van der Waals surface area contributed by atoms with Crippen molar-refractivity contribution in [3.8, 4) is 0 Å². The minimum Gasteiger partial charge on any atom is -0.313 e. The van der Waals surface area contributed by atoms with Gasteiger partial charge in [-0.2, -0.15) is 0 Å². The molecule has 0 aliphatic carbocycles. The van der Waals surface area contributed by atoms with E-state index in [0.717, 1.165) is 0 Å². The lowest BCUT2D eigenvalue weighted by Crippen LogP contribution is -2.16. The highest BCUT2D eigenvalue weighted by molar-refractivity contribution is 5.86. The van der Waals surface area contributed by atoms with Crippen LogP contribution in [0.3, 0.4) is 0 Å². The van der Waals surface area contributed by atoms with Crippen LogP contribution in [-0.2, 0) is 0 Å². The minimum atomic E-state index is 0.473. The molecule has 1 nitrogen and oxygen atoms in total. The zero-order valence-electron chi connectivity index (χ0n) is 10.7. The Morgan fingerprint density at radius 1 is 1.06 bits per heavy atom. The van der Waals surface area contributed by atoms with Gasteiger partial charge >= 0.3 is 0 Å². The van der Waals surface area contributed by atoms with E-state index in [1.165, 1.54) is 35.6 Å². The van der Waals surface area contributed by atoms with Gasteiger partial charge in [0.05, 0.1) is 0 Å². The average Bonchev–Trinajstić information content (AvgIpc) is 2.40. The van der Waals surface area contributed by atoms with Crippen LogP contribution in [0.15, 0.2) is 42.5 Å². The topological polar surface area (TPSA) is 12.0 Å². The van der Waals surface area contributed by atoms with Crippen molar-refractivity contribution in [1.82, 2.24) is 5.32 Å². The van der Waals surface area contributed by atoms with Gasteiger partial charge < -0.3 is 5.32 Å². The number of benzene rings is 2. The van der Waals surface area contributed by atoms with Crippen LogP contribution in [0.4, 0.5) is 0 Å². The van der Waals surface area contributed by atoms with Gasteiger partial charge in [0.15, 0.2) is 0 Å². The van der Waals surface area contributed by atoms with Crippen LogP contribution in [0.5, 0.6) is 0 Å². The molecule has 0 radical (unpaired) electrons. The lowest BCUT2D eigenvalue weighted by molar-refractivity contribution is 0.526. The summed E-state index contributed by atoms with van der Waals surface area (Å²) in [5.41, 5.74) is 1.43. The van der Waals surface area contributed by atoms with E-state index in [2.05, 4.69) is 61.8 Å². The Labute approximate surface area is 104 Å². The average molecular weight is 227 g/mol. The number of fused-ring (bicyclic) bond motifs is 1. The van der Waals surface area contributed by atoms with Crippen LogP contribution in [0.2, 0.25) is 0 Å². The van der Waals surface area contributed by atoms with Crippen LogP contribution in [0, 0.1) is 0 Å². The first-order valence-corrected chi connectivity index (χ1v) is 6.51. The fraction of sp³-hybridized carbons (Fsp3) is 0.375. The molecule has 1 N–H and O–H groups in total. The predicted octanol–water partition coefficient (Wildman–Crippen LogP) is 4.29. The van der Waals surface area contributed by atoms with Crippen LogP contribution >= 0.6 is 0 Å². The van der Waals surface area contributed by atoms with Gasteiger partial charge in [0.25, 0.3) is 0 Å². The predicted molar refractivity (Wildman–Crippen MR) is 75.3 cm³/mol. The number of nitrogens with one attached hydrogen (secondary N) is 1. The van der Waals surface area contributed by atoms with Crippen molar-refractivity contribution in [2.45, 2.75) is 32.2 Å². The second-order valence-corrected chi connectivity index (χ2v) is 4.55. The molecule has 2 aromatic rings. The molecule has 0 saturated carbocycles. The van der Waals surface area contributed by atoms with Gasteiger partial charge in [0.2, 0.25) is 0 Å². The van der Waals surface area contributed by atoms with E-state index in [9.17, 15) is 0 Å². The van der Waals surface area contributed by atoms with Crippen LogP contribution in [0.25, 0.3) is 10.8 Å². The summed E-state index contributed by atoms with van der Waals surface area (Å²) in [5, 5.41) is 6.16. The minimum absolute atomic E-state index is 0.473. The maximum Gasteiger partial charge on any atom is 0.0323 e. The SMILES string of the molecule is CCCCC(NC)c1cccc2ccccc12. The van der Waals surface area contributed by atoms with Crippen LogP contribution < -0.4 is 5.32 Å². The molecule has 1 heteroatoms. The highest BCUT2D eigenvalue weighted by atomic mass is 14.9. The van der Waals surface area contributed by atoms with E-state index in [1.807, 2.05) is 0 Å². The van der Waals surface area contributed by atoms with Crippen LogP contribution in [0.1, 0.15) is 37.8 Å². The third-order valence-electron chi connectivity index (χ3n) is 3.39. The van der Waals surface area contributed by atoms with Crippen molar-refractivity contribution >= 4 is 10.8 Å². The van der Waals surface area contributed by atoms with Crippen LogP contribution in [-0.4, -0.2) is 7.05 Å². The van der Waals surface area contributed by atoms with Crippen molar-refractivity contribution in [2.24, 2.45) is 0 Å². The van der Waals surface area contributed by atoms with Crippen molar-refractivity contribution in [2.75, 3.05) is 7.05 Å². The normalized spacial score (nSPS) is 12.8. The molecular formula is C16H21N. The Balaban J connectivity index is 2.38. The summed E-state index contributed by atoms with van der Waals surface area (Å²) in [4.78, 5) is 0. The number of hydrogen-bond acceptors (Lipinski definition) is 1. The third-order valence-corrected chi connectivity index (χ3v) is 3.39. The third kappa shape index (κ3) is 2.67. The van der Waals surface area contributed by atoms with Gasteiger partial charge in [-0.15, -0.1) is 0 Å². The quantitative estimate of drug-likeness (QED) is 0.803. The van der Waals surface area contributed by atoms with Gasteiger partial charge in [-0.05, 0) is 29.8 Å². The molecule has 0 saturated heterocycles. The van der Waals surface area contributed by atoms with Gasteiger partial charge in [-0.25, -0.2) is 0 Å². The summed E-state index contributed by atoms with van der Waals surface area (Å²) >= 11 is 0. The molecule has 2 aromatic carbocycles. The van der Waals surface area contributed by atoms with E-state index in [1.54, 1.807) is 0 Å². The van der Waals surface area contributed by atoms with E-state index < -0.39 is 0 Å². The summed E-state index contributed by atoms with van der Waals surface area (Å²) in [7, 11) is 2.06. The molecule has 1 atom stereocenters. The summed E-state index contributed by atoms with van der Waals surface area (Å²) in [5.74, 6) is 0. The van der Waals surface area contributed by atoms with Crippen molar-refractivity contribution in [3.05, 3.63) is 48.0 Å². The standard InChI is InChI=1S/C16H21N/c1-3-4-12-16(17-2)15-11-7-9-13-8-5-6-10-14(13)15/h5-11,16-17H,3-4,12H2,1-2H3. The zero-order chi connectivity index (χ0) is 12.1. The number of hydrogen-bond donors (Lipinski definition) is 1. The lowest BCUT2D eigenvalue weighted by Gasteiger charge is -2.18. The van der Waals surface area contributed by atoms with Gasteiger partial charge in [-0.3, -0.25) is 0 Å². The van der Waals surface area contributed by atoms with Crippen molar-refractivity contribution in [1.29, 1.82) is 0 Å². The molecule has 0 spiro atoms. The fourth-order valence-corrected chi connectivity index (χ4v) is 2.42. The molecule has 1 unspecified atom stereocenters. The Morgan fingerprint density at radius 2 is 1.82 bits per heavy atom. The largest absolute Gasteiger partial charge is 0.313 e. The second-order valence-electron chi connectivity index (χ2n) is 4.55. The van der Waals surface area contributed by atoms with Crippen molar-refractivity contribution in [3.63, 3.8) is 0 Å². The molecule has 0 bridgehead atoms. The second kappa shape index (κ2) is 5.83. The molecule has 0 fully saturated rings. The molecule has 2 rings (SSSR count). The number of unbranched alkanes of at least 4 members (excludes halogenated alkanes) is 1. The smallest absolute Gasteiger partial charge is 0.0323 e. The zero-order valence-corrected chi connectivity index (χ0v) is 10.7.